The minimum atomic E-state index is -0.521. The summed E-state index contributed by atoms with van der Waals surface area (Å²) in [5.41, 5.74) is 3.07. The number of hydrogen-bond acceptors (Lipinski definition) is 6. The van der Waals surface area contributed by atoms with E-state index in [4.69, 9.17) is 23.2 Å². The van der Waals surface area contributed by atoms with Gasteiger partial charge in [-0.05, 0) is 47.2 Å². The molecule has 3 heterocycles. The molecule has 0 aliphatic carbocycles. The average molecular weight is 535 g/mol. The summed E-state index contributed by atoms with van der Waals surface area (Å²) in [7, 11) is 0. The standard InChI is InChI=1S/C25H20Cl2N8O2/c26-16-10-11-20(35-14-28-33-34-35)15(13-16)9-12-22(37)30-19-7-3-4-8-21(36)29-18-6-2-1-5-17(18)23-24(27)32-25(19)31-23/h1-6,9-14,19H,7-8H2,(H,29,36)(H,30,37)(H,31,32)/b4-3-,12-9+/t19-/m0/s1. The van der Waals surface area contributed by atoms with E-state index in [2.05, 4.69) is 36.1 Å². The van der Waals surface area contributed by atoms with Gasteiger partial charge in [0.1, 0.15) is 23.0 Å². The normalized spacial score (nSPS) is 16.4. The summed E-state index contributed by atoms with van der Waals surface area (Å²) >= 11 is 12.7. The Hall–Kier alpha value is -4.28. The van der Waals surface area contributed by atoms with Crippen molar-refractivity contribution in [2.45, 2.75) is 18.9 Å². The van der Waals surface area contributed by atoms with Gasteiger partial charge in [-0.2, -0.15) is 4.68 Å². The van der Waals surface area contributed by atoms with E-state index in [1.54, 1.807) is 36.4 Å². The number of tetrazole rings is 1. The molecule has 2 aromatic carbocycles. The van der Waals surface area contributed by atoms with Crippen LogP contribution in [0.3, 0.4) is 0 Å². The van der Waals surface area contributed by atoms with Crippen LogP contribution in [0.1, 0.15) is 30.3 Å². The number of anilines is 1. The minimum Gasteiger partial charge on any atom is -0.342 e. The lowest BCUT2D eigenvalue weighted by atomic mass is 10.1. The van der Waals surface area contributed by atoms with E-state index in [-0.39, 0.29) is 18.2 Å². The van der Waals surface area contributed by atoms with Crippen LogP contribution in [0, 0.1) is 0 Å². The molecular formula is C25H20Cl2N8O2. The molecule has 0 radical (unpaired) electrons. The zero-order valence-corrected chi connectivity index (χ0v) is 20.7. The van der Waals surface area contributed by atoms with Crippen LogP contribution in [-0.4, -0.2) is 42.0 Å². The number of fused-ring (bicyclic) bond motifs is 4. The number of nitrogens with one attached hydrogen (secondary N) is 3. The maximum Gasteiger partial charge on any atom is 0.244 e. The van der Waals surface area contributed by atoms with Crippen LogP contribution in [0.5, 0.6) is 0 Å². The lowest BCUT2D eigenvalue weighted by Crippen LogP contribution is -2.27. The number of nitrogens with zero attached hydrogens (tertiary/aromatic N) is 5. The number of para-hydroxylation sites is 1. The van der Waals surface area contributed by atoms with Crippen molar-refractivity contribution >= 4 is 46.8 Å². The summed E-state index contributed by atoms with van der Waals surface area (Å²) in [6.45, 7) is 0. The van der Waals surface area contributed by atoms with Gasteiger partial charge in [-0.1, -0.05) is 53.6 Å². The van der Waals surface area contributed by atoms with Crippen molar-refractivity contribution in [1.82, 2.24) is 35.5 Å². The van der Waals surface area contributed by atoms with Crippen LogP contribution in [0.2, 0.25) is 10.2 Å². The third-order valence-corrected chi connectivity index (χ3v) is 6.13. The van der Waals surface area contributed by atoms with Gasteiger partial charge in [-0.15, -0.1) is 5.10 Å². The van der Waals surface area contributed by atoms with E-state index in [0.29, 0.717) is 50.6 Å². The van der Waals surface area contributed by atoms with E-state index in [1.807, 2.05) is 24.3 Å². The van der Waals surface area contributed by atoms with E-state index in [1.165, 1.54) is 17.1 Å². The van der Waals surface area contributed by atoms with Crippen LogP contribution < -0.4 is 10.6 Å². The second-order valence-corrected chi connectivity index (χ2v) is 8.96. The molecule has 1 aliphatic heterocycles. The molecule has 0 saturated carbocycles. The smallest absolute Gasteiger partial charge is 0.244 e. The number of H-pyrrole nitrogens is 1. The van der Waals surface area contributed by atoms with Crippen LogP contribution in [0.4, 0.5) is 5.69 Å². The molecule has 0 unspecified atom stereocenters. The summed E-state index contributed by atoms with van der Waals surface area (Å²) in [5.74, 6) is -0.0369. The Balaban J connectivity index is 1.43. The number of halogens is 2. The van der Waals surface area contributed by atoms with Crippen molar-refractivity contribution in [2.75, 3.05) is 5.32 Å². The first-order chi connectivity index (χ1) is 18.0. The number of aromatic amines is 1. The molecule has 2 aromatic heterocycles. The first-order valence-corrected chi connectivity index (χ1v) is 12.0. The Labute approximate surface area is 221 Å². The van der Waals surface area contributed by atoms with Gasteiger partial charge in [-0.25, -0.2) is 4.98 Å². The molecule has 37 heavy (non-hydrogen) atoms. The molecule has 186 valence electrons. The van der Waals surface area contributed by atoms with Crippen LogP contribution >= 0.6 is 23.2 Å². The first kappa shape index (κ1) is 24.4. The van der Waals surface area contributed by atoms with Gasteiger partial charge in [-0.3, -0.25) is 9.59 Å². The highest BCUT2D eigenvalue weighted by Gasteiger charge is 2.21. The Kier molecular flexibility index (Phi) is 7.11. The summed E-state index contributed by atoms with van der Waals surface area (Å²) in [6.07, 6.45) is 8.64. The average Bonchev–Trinajstić information content (AvgIpc) is 3.55. The van der Waals surface area contributed by atoms with E-state index >= 15 is 0 Å². The zero-order chi connectivity index (χ0) is 25.8. The summed E-state index contributed by atoms with van der Waals surface area (Å²) < 4.78 is 1.48. The predicted molar refractivity (Wildman–Crippen MR) is 140 cm³/mol. The lowest BCUT2D eigenvalue weighted by Gasteiger charge is -2.14. The quantitative estimate of drug-likeness (QED) is 0.260. The largest absolute Gasteiger partial charge is 0.342 e. The highest BCUT2D eigenvalue weighted by atomic mass is 35.5. The molecular weight excluding hydrogens is 515 g/mol. The maximum atomic E-state index is 13.0. The molecule has 10 nitrogen and oxygen atoms in total. The van der Waals surface area contributed by atoms with Crippen LogP contribution in [0.15, 0.2) is 67.0 Å². The first-order valence-electron chi connectivity index (χ1n) is 11.3. The van der Waals surface area contributed by atoms with Gasteiger partial charge in [0.25, 0.3) is 0 Å². The zero-order valence-electron chi connectivity index (χ0n) is 19.2. The molecule has 1 atom stereocenters. The van der Waals surface area contributed by atoms with E-state index < -0.39 is 6.04 Å². The number of carbonyl (C=O) groups excluding carboxylic acids is 2. The fourth-order valence-electron chi connectivity index (χ4n) is 3.90. The van der Waals surface area contributed by atoms with Crippen molar-refractivity contribution in [1.29, 1.82) is 0 Å². The predicted octanol–water partition coefficient (Wildman–Crippen LogP) is 4.52. The highest BCUT2D eigenvalue weighted by Crippen LogP contribution is 2.33. The fourth-order valence-corrected chi connectivity index (χ4v) is 4.32. The molecule has 12 heteroatoms. The SMILES string of the molecule is O=C(/C=C/c1cc(Cl)ccc1-n1cnnn1)N[C@H]1C/C=C\CC(=O)Nc2ccccc2-c2nc1[nH]c2Cl. The molecule has 0 spiro atoms. The van der Waals surface area contributed by atoms with Gasteiger partial charge in [0, 0.05) is 28.6 Å². The lowest BCUT2D eigenvalue weighted by molar-refractivity contribution is -0.117. The van der Waals surface area contributed by atoms with Gasteiger partial charge in [0.2, 0.25) is 11.8 Å². The molecule has 2 amide bonds. The number of aromatic nitrogens is 6. The van der Waals surface area contributed by atoms with Crippen molar-refractivity contribution in [3.63, 3.8) is 0 Å². The fraction of sp³-hybridized carbons (Fsp3) is 0.120. The second kappa shape index (κ2) is 10.8. The van der Waals surface area contributed by atoms with E-state index in [0.717, 1.165) is 0 Å². The van der Waals surface area contributed by atoms with Crippen molar-refractivity contribution in [2.24, 2.45) is 0 Å². The Morgan fingerprint density at radius 3 is 2.86 bits per heavy atom. The Morgan fingerprint density at radius 2 is 2.03 bits per heavy atom. The monoisotopic (exact) mass is 534 g/mol. The molecule has 3 N–H and O–H groups in total. The molecule has 2 bridgehead atoms. The third kappa shape index (κ3) is 5.60. The maximum absolute atomic E-state index is 13.0. The van der Waals surface area contributed by atoms with Gasteiger partial charge in [0.15, 0.2) is 0 Å². The minimum absolute atomic E-state index is 0.167. The Morgan fingerprint density at radius 1 is 1.16 bits per heavy atom. The number of rotatable bonds is 4. The number of imidazole rings is 1. The molecule has 1 aliphatic rings. The summed E-state index contributed by atoms with van der Waals surface area (Å²) in [6, 6.07) is 11.9. The summed E-state index contributed by atoms with van der Waals surface area (Å²) in [4.78, 5) is 33.1. The number of hydrogen-bond donors (Lipinski definition) is 3. The molecule has 0 fully saturated rings. The Bertz CT molecular complexity index is 1510. The van der Waals surface area contributed by atoms with Crippen LogP contribution in [-0.2, 0) is 9.59 Å². The van der Waals surface area contributed by atoms with Crippen molar-refractivity contribution < 1.29 is 9.59 Å². The van der Waals surface area contributed by atoms with Crippen molar-refractivity contribution in [3.05, 3.63) is 88.6 Å². The molecule has 0 saturated heterocycles. The second-order valence-electron chi connectivity index (χ2n) is 8.14. The number of carbonyl (C=O) groups is 2. The molecule has 5 rings (SSSR count). The molecule has 4 aromatic rings. The summed E-state index contributed by atoms with van der Waals surface area (Å²) in [5, 5.41) is 17.9. The van der Waals surface area contributed by atoms with Crippen molar-refractivity contribution in [3.8, 4) is 16.9 Å². The number of benzene rings is 2. The van der Waals surface area contributed by atoms with Gasteiger partial charge < -0.3 is 15.6 Å². The number of amides is 2. The van der Waals surface area contributed by atoms with E-state index in [9.17, 15) is 9.59 Å². The van der Waals surface area contributed by atoms with Gasteiger partial charge in [0.05, 0.1) is 17.4 Å². The van der Waals surface area contributed by atoms with Crippen LogP contribution in [0.25, 0.3) is 23.0 Å². The topological polar surface area (TPSA) is 130 Å². The third-order valence-electron chi connectivity index (χ3n) is 5.62. The van der Waals surface area contributed by atoms with Gasteiger partial charge >= 0.3 is 0 Å². The highest BCUT2D eigenvalue weighted by molar-refractivity contribution is 6.32.